The fraction of sp³-hybridized carbons (Fsp3) is 0.176. The minimum absolute atomic E-state index is 0.0575. The third-order valence-corrected chi connectivity index (χ3v) is 4.55. The van der Waals surface area contributed by atoms with Gasteiger partial charge in [0.25, 0.3) is 0 Å². The number of azo groups is 1. The van der Waals surface area contributed by atoms with Crippen LogP contribution in [-0.4, -0.2) is 24.3 Å². The van der Waals surface area contributed by atoms with Gasteiger partial charge in [0.1, 0.15) is 0 Å². The molecule has 0 saturated carbocycles. The third kappa shape index (κ3) is 2.94. The highest BCUT2D eigenvalue weighted by Crippen LogP contribution is 2.41. The quantitative estimate of drug-likeness (QED) is 0.588. The van der Waals surface area contributed by atoms with Crippen molar-refractivity contribution in [2.24, 2.45) is 10.2 Å². The van der Waals surface area contributed by atoms with Crippen LogP contribution in [0, 0.1) is 6.92 Å². The Bertz CT molecular complexity index is 934. The van der Waals surface area contributed by atoms with Crippen LogP contribution in [0.3, 0.4) is 0 Å². The van der Waals surface area contributed by atoms with Crippen molar-refractivity contribution in [3.8, 4) is 17.4 Å². The summed E-state index contributed by atoms with van der Waals surface area (Å²) in [5, 5.41) is 19.2. The lowest BCUT2D eigenvalue weighted by atomic mass is 10.2. The van der Waals surface area contributed by atoms with Crippen molar-refractivity contribution in [2.75, 3.05) is 14.2 Å². The first kappa shape index (κ1) is 16.3. The zero-order valence-electron chi connectivity index (χ0n) is 13.4. The normalized spacial score (nSPS) is 11.3. The van der Waals surface area contributed by atoms with Crippen molar-refractivity contribution >= 4 is 38.2 Å². The summed E-state index contributed by atoms with van der Waals surface area (Å²) in [5.41, 5.74) is 2.79. The maximum Gasteiger partial charge on any atom is 0.218 e. The second-order valence-electron chi connectivity index (χ2n) is 5.21. The molecule has 2 N–H and O–H groups in total. The molecular formula is C17H16BrN3O3. The van der Waals surface area contributed by atoms with Gasteiger partial charge in [-0.05, 0) is 36.8 Å². The lowest BCUT2D eigenvalue weighted by Gasteiger charge is -2.07. The van der Waals surface area contributed by atoms with Gasteiger partial charge < -0.3 is 19.6 Å². The minimum atomic E-state index is -0.0575. The highest BCUT2D eigenvalue weighted by atomic mass is 79.9. The summed E-state index contributed by atoms with van der Waals surface area (Å²) in [6.07, 6.45) is 0. The van der Waals surface area contributed by atoms with E-state index >= 15 is 0 Å². The number of aryl methyl sites for hydroxylation is 1. The van der Waals surface area contributed by atoms with Gasteiger partial charge >= 0.3 is 0 Å². The van der Waals surface area contributed by atoms with Crippen LogP contribution in [0.1, 0.15) is 5.56 Å². The van der Waals surface area contributed by atoms with E-state index in [2.05, 4.69) is 31.1 Å². The number of ether oxygens (including phenoxy) is 2. The molecule has 0 bridgehead atoms. The van der Waals surface area contributed by atoms with Crippen molar-refractivity contribution in [3.63, 3.8) is 0 Å². The van der Waals surface area contributed by atoms with Crippen LogP contribution in [0.25, 0.3) is 10.9 Å². The van der Waals surface area contributed by atoms with Gasteiger partial charge in [0.05, 0.1) is 25.4 Å². The molecule has 1 aromatic heterocycles. The van der Waals surface area contributed by atoms with E-state index < -0.39 is 0 Å². The van der Waals surface area contributed by atoms with Crippen molar-refractivity contribution in [2.45, 2.75) is 6.92 Å². The Kier molecular flexibility index (Phi) is 4.44. The Labute approximate surface area is 147 Å². The molecule has 0 aliphatic carbocycles. The van der Waals surface area contributed by atoms with E-state index in [0.29, 0.717) is 33.8 Å². The number of hydrogen-bond acceptors (Lipinski definition) is 5. The van der Waals surface area contributed by atoms with E-state index in [1.165, 1.54) is 0 Å². The average Bonchev–Trinajstić information content (AvgIpc) is 2.88. The molecule has 124 valence electrons. The molecule has 1 heterocycles. The van der Waals surface area contributed by atoms with E-state index in [1.807, 2.05) is 25.1 Å². The largest absolute Gasteiger partial charge is 0.493 e. The van der Waals surface area contributed by atoms with Gasteiger partial charge in [-0.1, -0.05) is 15.9 Å². The lowest BCUT2D eigenvalue weighted by Crippen LogP contribution is -1.89. The van der Waals surface area contributed by atoms with Crippen LogP contribution in [0.4, 0.5) is 11.4 Å². The molecule has 0 aliphatic heterocycles. The maximum atomic E-state index is 10.1. The van der Waals surface area contributed by atoms with Gasteiger partial charge in [-0.2, -0.15) is 5.11 Å². The maximum absolute atomic E-state index is 10.1. The molecule has 24 heavy (non-hydrogen) atoms. The minimum Gasteiger partial charge on any atom is -0.493 e. The Morgan fingerprint density at radius 2 is 1.75 bits per heavy atom. The summed E-state index contributed by atoms with van der Waals surface area (Å²) in [7, 11) is 3.12. The van der Waals surface area contributed by atoms with Gasteiger partial charge in [0.2, 0.25) is 5.88 Å². The molecule has 3 rings (SSSR count). The van der Waals surface area contributed by atoms with E-state index in [-0.39, 0.29) is 5.88 Å². The molecule has 3 aromatic rings. The molecule has 6 nitrogen and oxygen atoms in total. The molecular weight excluding hydrogens is 374 g/mol. The van der Waals surface area contributed by atoms with E-state index in [9.17, 15) is 5.11 Å². The molecule has 0 spiro atoms. The summed E-state index contributed by atoms with van der Waals surface area (Å²) in [6.45, 7) is 1.98. The van der Waals surface area contributed by atoms with Crippen molar-refractivity contribution in [1.82, 2.24) is 4.98 Å². The lowest BCUT2D eigenvalue weighted by molar-refractivity contribution is 0.356. The molecule has 0 atom stereocenters. The monoisotopic (exact) mass is 389 g/mol. The summed E-state index contributed by atoms with van der Waals surface area (Å²) in [6, 6.07) is 9.16. The summed E-state index contributed by atoms with van der Waals surface area (Å²) in [5.74, 6) is 1.07. The smallest absolute Gasteiger partial charge is 0.218 e. The predicted molar refractivity (Wildman–Crippen MR) is 96.1 cm³/mol. The van der Waals surface area contributed by atoms with E-state index in [1.54, 1.807) is 26.4 Å². The number of hydrogen-bond donors (Lipinski definition) is 2. The van der Waals surface area contributed by atoms with Crippen molar-refractivity contribution in [3.05, 3.63) is 40.4 Å². The van der Waals surface area contributed by atoms with Gasteiger partial charge in [0.15, 0.2) is 17.2 Å². The fourth-order valence-corrected chi connectivity index (χ4v) is 2.64. The summed E-state index contributed by atoms with van der Waals surface area (Å²) in [4.78, 5) is 2.87. The number of fused-ring (bicyclic) bond motifs is 1. The topological polar surface area (TPSA) is 79.2 Å². The Morgan fingerprint density at radius 1 is 1.04 bits per heavy atom. The number of aromatic nitrogens is 1. The number of nitrogens with zero attached hydrogens (tertiary/aromatic N) is 2. The first-order chi connectivity index (χ1) is 11.5. The van der Waals surface area contributed by atoms with E-state index in [0.717, 1.165) is 10.0 Å². The second kappa shape index (κ2) is 6.52. The van der Waals surface area contributed by atoms with E-state index in [4.69, 9.17) is 9.47 Å². The fourth-order valence-electron chi connectivity index (χ4n) is 2.39. The van der Waals surface area contributed by atoms with Gasteiger partial charge in [-0.3, -0.25) is 0 Å². The zero-order chi connectivity index (χ0) is 17.3. The van der Waals surface area contributed by atoms with Crippen molar-refractivity contribution in [1.29, 1.82) is 0 Å². The van der Waals surface area contributed by atoms with Gasteiger partial charge in [-0.15, -0.1) is 5.11 Å². The number of halogens is 1. The predicted octanol–water partition coefficient (Wildman–Crippen LogP) is 5.38. The second-order valence-corrected chi connectivity index (χ2v) is 6.06. The zero-order valence-corrected chi connectivity index (χ0v) is 15.0. The number of benzene rings is 2. The molecule has 0 aliphatic rings. The molecule has 2 aromatic carbocycles. The molecule has 7 heteroatoms. The number of aromatic amines is 1. The Morgan fingerprint density at radius 3 is 2.42 bits per heavy atom. The average molecular weight is 390 g/mol. The van der Waals surface area contributed by atoms with Crippen molar-refractivity contribution < 1.29 is 14.6 Å². The highest BCUT2D eigenvalue weighted by Gasteiger charge is 2.15. The van der Waals surface area contributed by atoms with Crippen LogP contribution in [0.15, 0.2) is 45.0 Å². The summed E-state index contributed by atoms with van der Waals surface area (Å²) < 4.78 is 11.6. The molecule has 0 fully saturated rings. The van der Waals surface area contributed by atoms with Gasteiger partial charge in [0, 0.05) is 15.9 Å². The first-order valence-electron chi connectivity index (χ1n) is 7.18. The molecule has 0 radical (unpaired) electrons. The van der Waals surface area contributed by atoms with Crippen LogP contribution in [-0.2, 0) is 0 Å². The van der Waals surface area contributed by atoms with Crippen LogP contribution >= 0.6 is 15.9 Å². The Hall–Kier alpha value is -2.54. The number of nitrogens with one attached hydrogen (secondary N) is 1. The molecule has 0 unspecified atom stereocenters. The number of methoxy groups -OCH3 is 2. The number of H-pyrrole nitrogens is 1. The van der Waals surface area contributed by atoms with Crippen LogP contribution < -0.4 is 9.47 Å². The standard InChI is InChI=1S/C17H16BrN3O3/c1-9-6-10(4-5-12(9)18)20-21-16-11-7-14(23-2)15(24-3)8-13(11)19-17(16)22/h4-8,19,22H,1-3H3. The molecule has 0 amide bonds. The van der Waals surface area contributed by atoms with Gasteiger partial charge in [-0.25, -0.2) is 0 Å². The number of rotatable bonds is 4. The Balaban J connectivity index is 2.06. The highest BCUT2D eigenvalue weighted by molar-refractivity contribution is 9.10. The van der Waals surface area contributed by atoms with Crippen LogP contribution in [0.5, 0.6) is 17.4 Å². The molecule has 0 saturated heterocycles. The first-order valence-corrected chi connectivity index (χ1v) is 7.97. The SMILES string of the molecule is COc1cc2[nH]c(O)c(N=Nc3ccc(Br)c(C)c3)c2cc1OC. The third-order valence-electron chi connectivity index (χ3n) is 3.66. The summed E-state index contributed by atoms with van der Waals surface area (Å²) >= 11 is 3.45. The number of aromatic hydroxyl groups is 1. The van der Waals surface area contributed by atoms with Crippen LogP contribution in [0.2, 0.25) is 0 Å².